The van der Waals surface area contributed by atoms with E-state index in [4.69, 9.17) is 20.3 Å². The zero-order valence-electron chi connectivity index (χ0n) is 23.9. The van der Waals surface area contributed by atoms with E-state index in [0.29, 0.717) is 16.9 Å². The minimum atomic E-state index is -1.98. The summed E-state index contributed by atoms with van der Waals surface area (Å²) in [6, 6.07) is 21.8. The molecule has 6 rings (SSSR count). The Morgan fingerprint density at radius 3 is 2.16 bits per heavy atom. The molecule has 0 aromatic heterocycles. The molecule has 2 aromatic rings. The van der Waals surface area contributed by atoms with Crippen LogP contribution in [-0.4, -0.2) is 41.8 Å². The highest BCUT2D eigenvalue weighted by molar-refractivity contribution is 6.92. The van der Waals surface area contributed by atoms with Crippen molar-refractivity contribution in [1.29, 1.82) is 0 Å². The minimum absolute atomic E-state index is 0.175. The highest BCUT2D eigenvalue weighted by Crippen LogP contribution is 2.66. The first-order valence-electron chi connectivity index (χ1n) is 14.1. The fraction of sp³-hybridized carbons (Fsp3) is 0.548. The quantitative estimate of drug-likeness (QED) is 0.354. The van der Waals surface area contributed by atoms with Gasteiger partial charge < -0.3 is 13.7 Å². The molecular formula is C31H45BO3Si2. The fourth-order valence-electron chi connectivity index (χ4n) is 7.62. The van der Waals surface area contributed by atoms with Crippen LogP contribution in [0.2, 0.25) is 31.7 Å². The van der Waals surface area contributed by atoms with Gasteiger partial charge in [-0.15, -0.1) is 6.58 Å². The zero-order valence-corrected chi connectivity index (χ0v) is 25.9. The Balaban J connectivity index is 1.36. The van der Waals surface area contributed by atoms with Gasteiger partial charge >= 0.3 is 7.12 Å². The summed E-state index contributed by atoms with van der Waals surface area (Å²) in [4.78, 5) is 0. The summed E-state index contributed by atoms with van der Waals surface area (Å²) in [5.41, 5.74) is 1.54. The largest absolute Gasteiger partial charge is 0.489 e. The molecule has 2 bridgehead atoms. The van der Waals surface area contributed by atoms with Crippen molar-refractivity contribution >= 4 is 33.9 Å². The summed E-state index contributed by atoms with van der Waals surface area (Å²) in [6.45, 7) is 22.1. The Labute approximate surface area is 227 Å². The van der Waals surface area contributed by atoms with Crippen LogP contribution in [0, 0.1) is 17.3 Å². The van der Waals surface area contributed by atoms with Crippen LogP contribution >= 0.6 is 0 Å². The lowest BCUT2D eigenvalue weighted by atomic mass is 9.43. The van der Waals surface area contributed by atoms with Gasteiger partial charge in [0.15, 0.2) is 0 Å². The van der Waals surface area contributed by atoms with E-state index in [-0.39, 0.29) is 18.8 Å². The van der Waals surface area contributed by atoms with Crippen LogP contribution in [0.1, 0.15) is 40.0 Å². The van der Waals surface area contributed by atoms with Crippen molar-refractivity contribution in [2.45, 2.75) is 83.5 Å². The molecule has 198 valence electrons. The average molecular weight is 533 g/mol. The molecule has 1 heterocycles. The summed E-state index contributed by atoms with van der Waals surface area (Å²) >= 11 is 0. The molecule has 2 aromatic carbocycles. The van der Waals surface area contributed by atoms with Crippen LogP contribution in [0.15, 0.2) is 72.7 Å². The molecule has 4 fully saturated rings. The monoisotopic (exact) mass is 532 g/mol. The van der Waals surface area contributed by atoms with Crippen molar-refractivity contribution in [3.63, 3.8) is 0 Å². The second kappa shape index (κ2) is 9.63. The predicted octanol–water partition coefficient (Wildman–Crippen LogP) is 6.31. The maximum atomic E-state index is 6.90. The Morgan fingerprint density at radius 1 is 0.973 bits per heavy atom. The van der Waals surface area contributed by atoms with Crippen molar-refractivity contribution in [2.24, 2.45) is 17.3 Å². The molecule has 0 N–H and O–H groups in total. The number of hydrogen-bond donors (Lipinski definition) is 0. The van der Waals surface area contributed by atoms with Gasteiger partial charge in [-0.25, -0.2) is 0 Å². The van der Waals surface area contributed by atoms with Gasteiger partial charge in [0.1, 0.15) is 0 Å². The smallest absolute Gasteiger partial charge is 0.413 e. The molecule has 37 heavy (non-hydrogen) atoms. The van der Waals surface area contributed by atoms with Gasteiger partial charge in [-0.3, -0.25) is 0 Å². The fourth-order valence-corrected chi connectivity index (χ4v) is 12.8. The standard InChI is InChI=1S/C31H45BO3Si2/c1-23(32-34-29-22-24-21-28(30(24,2)3)31(29,4)35-32)27(36(5,6)25-15-11-9-12-16-25)19-20-33-37(7,8)26-17-13-10-14-18-26/h9-18,24,27-29H,1,19-22H2,2-8H3/t24-,27+,28-,29?,31-/m1/s1. The normalized spacial score (nSPS) is 29.4. The molecule has 0 spiro atoms. The van der Waals surface area contributed by atoms with Gasteiger partial charge in [0.25, 0.3) is 0 Å². The number of rotatable bonds is 9. The first kappa shape index (κ1) is 27.1. The zero-order chi connectivity index (χ0) is 26.6. The van der Waals surface area contributed by atoms with E-state index in [1.54, 1.807) is 0 Å². The maximum Gasteiger partial charge on any atom is 0.489 e. The third-order valence-corrected chi connectivity index (χ3v) is 17.3. The molecule has 1 unspecified atom stereocenters. The Hall–Kier alpha value is -1.44. The van der Waals surface area contributed by atoms with Crippen LogP contribution in [0.4, 0.5) is 0 Å². The topological polar surface area (TPSA) is 27.7 Å². The second-order valence-electron chi connectivity index (χ2n) is 13.5. The summed E-state index contributed by atoms with van der Waals surface area (Å²) in [5.74, 6) is 1.30. The number of hydrogen-bond acceptors (Lipinski definition) is 3. The first-order chi connectivity index (χ1) is 17.4. The maximum absolute atomic E-state index is 6.90. The van der Waals surface area contributed by atoms with E-state index in [0.717, 1.165) is 30.8 Å². The Morgan fingerprint density at radius 2 is 1.57 bits per heavy atom. The third kappa shape index (κ3) is 4.67. The van der Waals surface area contributed by atoms with Crippen molar-refractivity contribution in [3.05, 3.63) is 72.7 Å². The molecule has 3 aliphatic carbocycles. The summed E-state index contributed by atoms with van der Waals surface area (Å²) in [6.07, 6.45) is 3.49. The minimum Gasteiger partial charge on any atom is -0.413 e. The van der Waals surface area contributed by atoms with Gasteiger partial charge in [-0.1, -0.05) is 92.8 Å². The number of benzene rings is 2. The Bertz CT molecular complexity index is 1120. The van der Waals surface area contributed by atoms with Gasteiger partial charge in [0, 0.05) is 6.61 Å². The van der Waals surface area contributed by atoms with Crippen LogP contribution < -0.4 is 10.4 Å². The van der Waals surface area contributed by atoms with Crippen LogP contribution in [0.25, 0.3) is 0 Å². The van der Waals surface area contributed by atoms with E-state index in [9.17, 15) is 0 Å². The SMILES string of the molecule is C=C(B1OC2C[C@H]3C[C@H](C3(C)C)[C@@]2(C)O1)[C@H](CCO[Si](C)(C)c1ccccc1)[Si](C)(C)c1ccccc1. The molecule has 1 aliphatic heterocycles. The predicted molar refractivity (Wildman–Crippen MR) is 161 cm³/mol. The van der Waals surface area contributed by atoms with Crippen molar-refractivity contribution in [2.75, 3.05) is 6.61 Å². The van der Waals surface area contributed by atoms with Crippen molar-refractivity contribution in [1.82, 2.24) is 0 Å². The first-order valence-corrected chi connectivity index (χ1v) is 20.1. The van der Waals surface area contributed by atoms with Crippen LogP contribution in [-0.2, 0) is 13.7 Å². The molecular weight excluding hydrogens is 487 g/mol. The summed E-state index contributed by atoms with van der Waals surface area (Å²) in [5, 5.41) is 2.79. The summed E-state index contributed by atoms with van der Waals surface area (Å²) < 4.78 is 20.3. The second-order valence-corrected chi connectivity index (χ2v) is 22.1. The molecule has 4 aliphatic rings. The molecule has 0 amide bonds. The van der Waals surface area contributed by atoms with E-state index >= 15 is 0 Å². The van der Waals surface area contributed by atoms with E-state index in [1.807, 2.05) is 0 Å². The lowest BCUT2D eigenvalue weighted by Crippen LogP contribution is -2.65. The summed E-state index contributed by atoms with van der Waals surface area (Å²) in [7, 11) is -4.26. The highest BCUT2D eigenvalue weighted by Gasteiger charge is 2.68. The van der Waals surface area contributed by atoms with E-state index in [2.05, 4.69) is 108 Å². The highest BCUT2D eigenvalue weighted by atomic mass is 28.4. The van der Waals surface area contributed by atoms with E-state index < -0.39 is 16.4 Å². The van der Waals surface area contributed by atoms with E-state index in [1.165, 1.54) is 16.8 Å². The lowest BCUT2D eigenvalue weighted by Gasteiger charge is -2.64. The van der Waals surface area contributed by atoms with Gasteiger partial charge in [0.2, 0.25) is 8.32 Å². The molecule has 0 radical (unpaired) electrons. The average Bonchev–Trinajstić information content (AvgIpc) is 3.24. The lowest BCUT2D eigenvalue weighted by molar-refractivity contribution is -0.199. The molecule has 1 saturated heterocycles. The van der Waals surface area contributed by atoms with Gasteiger partial charge in [-0.2, -0.15) is 0 Å². The number of allylic oxidation sites excluding steroid dienone is 1. The molecule has 6 heteroatoms. The third-order valence-electron chi connectivity index (χ3n) is 10.4. The van der Waals surface area contributed by atoms with Crippen molar-refractivity contribution in [3.8, 4) is 0 Å². The molecule has 5 atom stereocenters. The van der Waals surface area contributed by atoms with Crippen LogP contribution in [0.3, 0.4) is 0 Å². The molecule has 3 saturated carbocycles. The van der Waals surface area contributed by atoms with Gasteiger partial charge in [0.05, 0.1) is 19.8 Å². The van der Waals surface area contributed by atoms with Gasteiger partial charge in [-0.05, 0) is 72.7 Å². The Kier molecular flexibility index (Phi) is 7.07. The van der Waals surface area contributed by atoms with Crippen molar-refractivity contribution < 1.29 is 13.7 Å². The van der Waals surface area contributed by atoms with Crippen LogP contribution in [0.5, 0.6) is 0 Å². The molecule has 3 nitrogen and oxygen atoms in total.